The van der Waals surface area contributed by atoms with Gasteiger partial charge < -0.3 is 27.1 Å². The first-order chi connectivity index (χ1) is 15.4. The van der Waals surface area contributed by atoms with Crippen LogP contribution in [0.1, 0.15) is 13.8 Å². The first-order valence-electron chi connectivity index (χ1n) is 10.2. The second-order valence-electron chi connectivity index (χ2n) is 6.75. The Hall–Kier alpha value is -2.80. The molecule has 6 nitrogen and oxygen atoms in total. The minimum absolute atomic E-state index is 0.0669. The summed E-state index contributed by atoms with van der Waals surface area (Å²) in [5, 5.41) is 10.5. The molecule has 4 aromatic rings. The highest BCUT2D eigenvalue weighted by molar-refractivity contribution is 6.42. The van der Waals surface area contributed by atoms with Crippen molar-refractivity contribution in [2.45, 2.75) is 13.8 Å². The summed E-state index contributed by atoms with van der Waals surface area (Å²) >= 11 is 18.4. The normalized spacial score (nSPS) is 10.5. The summed E-state index contributed by atoms with van der Waals surface area (Å²) in [5.74, 6) is 0.0669. The number of fused-ring (bicyclic) bond motifs is 3. The van der Waals surface area contributed by atoms with Gasteiger partial charge in [0.15, 0.2) is 5.96 Å². The van der Waals surface area contributed by atoms with Crippen LogP contribution in [0.5, 0.6) is 0 Å². The van der Waals surface area contributed by atoms with Crippen molar-refractivity contribution >= 4 is 79.6 Å². The van der Waals surface area contributed by atoms with Crippen molar-refractivity contribution in [3.8, 4) is 0 Å². The number of nitrogens with zero attached hydrogens (tertiary/aromatic N) is 1. The summed E-state index contributed by atoms with van der Waals surface area (Å²) in [7, 11) is 0. The zero-order valence-corrected chi connectivity index (χ0v) is 20.0. The van der Waals surface area contributed by atoms with Crippen molar-refractivity contribution < 1.29 is 0 Å². The number of aliphatic imine (C=N–C) groups is 1. The highest BCUT2D eigenvalue weighted by atomic mass is 35.5. The molecule has 0 saturated carbocycles. The quantitative estimate of drug-likeness (QED) is 0.117. The first-order valence-corrected chi connectivity index (χ1v) is 11.3. The lowest BCUT2D eigenvalue weighted by molar-refractivity contribution is 1.02. The number of nitrogens with one attached hydrogen (secondary N) is 3. The molecule has 0 fully saturated rings. The van der Waals surface area contributed by atoms with Gasteiger partial charge >= 0.3 is 0 Å². The number of anilines is 3. The predicted octanol–water partition coefficient (Wildman–Crippen LogP) is 6.74. The average Bonchev–Trinajstić information content (AvgIpc) is 3.13. The Bertz CT molecular complexity index is 1260. The second-order valence-corrected chi connectivity index (χ2v) is 8.00. The van der Waals surface area contributed by atoms with Gasteiger partial charge in [0.1, 0.15) is 0 Å². The van der Waals surface area contributed by atoms with Crippen LogP contribution in [0.25, 0.3) is 21.8 Å². The number of nitrogens with two attached hydrogens (primary N) is 2. The molecule has 0 saturated heterocycles. The van der Waals surface area contributed by atoms with Gasteiger partial charge in [-0.1, -0.05) is 48.7 Å². The minimum Gasteiger partial charge on any atom is -0.381 e. The van der Waals surface area contributed by atoms with Crippen LogP contribution in [-0.4, -0.2) is 24.0 Å². The molecule has 7 N–H and O–H groups in total. The largest absolute Gasteiger partial charge is 0.381 e. The molecule has 9 heteroatoms. The molecule has 0 aliphatic rings. The molecule has 0 amide bonds. The SMILES string of the molecule is CC.NC(N)=NCCNc1cc(Nc2ccc(Cl)c(Cl)c2)cc2c1[nH]c1ccc(Cl)cc12. The molecule has 0 aliphatic heterocycles. The van der Waals surface area contributed by atoms with Crippen LogP contribution in [-0.2, 0) is 0 Å². The maximum absolute atomic E-state index is 6.24. The number of aromatic nitrogens is 1. The summed E-state index contributed by atoms with van der Waals surface area (Å²) in [5.41, 5.74) is 15.4. The Morgan fingerprint density at radius 2 is 1.69 bits per heavy atom. The molecule has 4 rings (SSSR count). The standard InChI is InChI=1S/C21H19Cl3N6.C2H6/c22-11-1-4-18-14(7-11)15-8-13(29-12-2-3-16(23)17(24)9-12)10-19(20(15)30-18)27-5-6-28-21(25)26;1-2/h1-4,7-10,27,29-30H,5-6H2,(H4,25,26,28);1-2H3. The molecule has 0 radical (unpaired) electrons. The Labute approximate surface area is 201 Å². The lowest BCUT2D eigenvalue weighted by Crippen LogP contribution is -2.24. The van der Waals surface area contributed by atoms with Crippen LogP contribution in [0.4, 0.5) is 17.1 Å². The number of benzene rings is 3. The molecule has 0 spiro atoms. The summed E-state index contributed by atoms with van der Waals surface area (Å²) < 4.78 is 0. The molecular weight excluding hydrogens is 467 g/mol. The summed E-state index contributed by atoms with van der Waals surface area (Å²) in [4.78, 5) is 7.48. The highest BCUT2D eigenvalue weighted by Gasteiger charge is 2.12. The van der Waals surface area contributed by atoms with E-state index in [1.165, 1.54) is 0 Å². The third kappa shape index (κ3) is 5.51. The van der Waals surface area contributed by atoms with Gasteiger partial charge in [0.25, 0.3) is 0 Å². The zero-order valence-electron chi connectivity index (χ0n) is 17.8. The number of guanidine groups is 1. The summed E-state index contributed by atoms with van der Waals surface area (Å²) in [6.45, 7) is 5.03. The van der Waals surface area contributed by atoms with E-state index in [0.717, 1.165) is 38.9 Å². The van der Waals surface area contributed by atoms with Crippen molar-refractivity contribution in [3.05, 3.63) is 63.6 Å². The van der Waals surface area contributed by atoms with Crippen LogP contribution in [0.2, 0.25) is 15.1 Å². The Morgan fingerprint density at radius 3 is 2.41 bits per heavy atom. The fraction of sp³-hybridized carbons (Fsp3) is 0.174. The van der Waals surface area contributed by atoms with Crippen LogP contribution >= 0.6 is 34.8 Å². The van der Waals surface area contributed by atoms with E-state index < -0.39 is 0 Å². The number of aromatic amines is 1. The predicted molar refractivity (Wildman–Crippen MR) is 141 cm³/mol. The van der Waals surface area contributed by atoms with Crippen molar-refractivity contribution in [2.24, 2.45) is 16.5 Å². The Morgan fingerprint density at radius 1 is 0.906 bits per heavy atom. The second kappa shape index (κ2) is 10.7. The van der Waals surface area contributed by atoms with Gasteiger partial charge in [-0.05, 0) is 48.5 Å². The molecule has 0 aliphatic carbocycles. The van der Waals surface area contributed by atoms with E-state index in [4.69, 9.17) is 46.3 Å². The van der Waals surface area contributed by atoms with E-state index in [9.17, 15) is 0 Å². The van der Waals surface area contributed by atoms with Crippen molar-refractivity contribution in [3.63, 3.8) is 0 Å². The van der Waals surface area contributed by atoms with Crippen molar-refractivity contribution in [1.29, 1.82) is 0 Å². The van der Waals surface area contributed by atoms with Gasteiger partial charge in [-0.3, -0.25) is 4.99 Å². The summed E-state index contributed by atoms with van der Waals surface area (Å²) in [6, 6.07) is 15.3. The lowest BCUT2D eigenvalue weighted by atomic mass is 10.1. The number of rotatable bonds is 6. The summed E-state index contributed by atoms with van der Waals surface area (Å²) in [6.07, 6.45) is 0. The minimum atomic E-state index is 0.0669. The van der Waals surface area contributed by atoms with Gasteiger partial charge in [0.05, 0.1) is 27.8 Å². The number of H-pyrrole nitrogens is 1. The number of hydrogen-bond donors (Lipinski definition) is 5. The molecule has 168 valence electrons. The Kier molecular flexibility index (Phi) is 7.96. The van der Waals surface area contributed by atoms with Crippen molar-refractivity contribution in [1.82, 2.24) is 4.98 Å². The van der Waals surface area contributed by atoms with Crippen molar-refractivity contribution in [2.75, 3.05) is 23.7 Å². The molecule has 1 heterocycles. The number of halogens is 3. The fourth-order valence-electron chi connectivity index (χ4n) is 3.30. The molecule has 0 bridgehead atoms. The van der Waals surface area contributed by atoms with Crippen LogP contribution in [0.15, 0.2) is 53.5 Å². The van der Waals surface area contributed by atoms with Gasteiger partial charge in [-0.15, -0.1) is 0 Å². The molecule has 0 unspecified atom stereocenters. The first kappa shape index (κ1) is 23.9. The van der Waals surface area contributed by atoms with Gasteiger partial charge in [-0.2, -0.15) is 0 Å². The monoisotopic (exact) mass is 490 g/mol. The zero-order chi connectivity index (χ0) is 23.3. The van der Waals surface area contributed by atoms with Gasteiger partial charge in [0, 0.05) is 39.2 Å². The lowest BCUT2D eigenvalue weighted by Gasteiger charge is -2.12. The molecule has 3 aromatic carbocycles. The molecule has 0 atom stereocenters. The van der Waals surface area contributed by atoms with E-state index in [1.807, 2.05) is 44.2 Å². The van der Waals surface area contributed by atoms with Gasteiger partial charge in [0.2, 0.25) is 0 Å². The van der Waals surface area contributed by atoms with Crippen LogP contribution < -0.4 is 22.1 Å². The molecule has 32 heavy (non-hydrogen) atoms. The van der Waals surface area contributed by atoms with E-state index in [-0.39, 0.29) is 5.96 Å². The highest BCUT2D eigenvalue weighted by Crippen LogP contribution is 2.36. The average molecular weight is 492 g/mol. The van der Waals surface area contributed by atoms with E-state index in [2.05, 4.69) is 26.7 Å². The molecule has 1 aromatic heterocycles. The maximum Gasteiger partial charge on any atom is 0.185 e. The Balaban J connectivity index is 0.00000141. The van der Waals surface area contributed by atoms with Gasteiger partial charge in [-0.25, -0.2) is 0 Å². The van der Waals surface area contributed by atoms with E-state index in [1.54, 1.807) is 12.1 Å². The smallest absolute Gasteiger partial charge is 0.185 e. The van der Waals surface area contributed by atoms with E-state index in [0.29, 0.717) is 28.2 Å². The van der Waals surface area contributed by atoms with E-state index >= 15 is 0 Å². The third-order valence-corrected chi connectivity index (χ3v) is 5.57. The fourth-order valence-corrected chi connectivity index (χ4v) is 3.77. The maximum atomic E-state index is 6.24. The topological polar surface area (TPSA) is 104 Å². The van der Waals surface area contributed by atoms with Crippen LogP contribution in [0, 0.1) is 0 Å². The molecular formula is C23H25Cl3N6. The van der Waals surface area contributed by atoms with Crippen LogP contribution in [0.3, 0.4) is 0 Å². The number of hydrogen-bond acceptors (Lipinski definition) is 3. The third-order valence-electron chi connectivity index (χ3n) is 4.60.